The summed E-state index contributed by atoms with van der Waals surface area (Å²) in [5.41, 5.74) is 2.29. The molecule has 0 radical (unpaired) electrons. The van der Waals surface area contributed by atoms with E-state index in [1.54, 1.807) is 6.20 Å². The van der Waals surface area contributed by atoms with Crippen molar-refractivity contribution in [2.24, 2.45) is 0 Å². The molecule has 1 aliphatic heterocycles. The SMILES string of the molecule is CC#CCn1c(N2CCNCC2)nc2cnn(CCc3ccccc3)c(=O)c21. The van der Waals surface area contributed by atoms with Gasteiger partial charge in [0.15, 0.2) is 0 Å². The number of nitrogens with zero attached hydrogens (tertiary/aromatic N) is 5. The van der Waals surface area contributed by atoms with Gasteiger partial charge in [-0.2, -0.15) is 5.10 Å². The number of imidazole rings is 1. The van der Waals surface area contributed by atoms with Crippen molar-refractivity contribution in [1.82, 2.24) is 24.6 Å². The highest BCUT2D eigenvalue weighted by molar-refractivity contribution is 5.77. The molecule has 3 aromatic rings. The van der Waals surface area contributed by atoms with Crippen LogP contribution in [0.25, 0.3) is 11.0 Å². The monoisotopic (exact) mass is 376 g/mol. The first-order chi connectivity index (χ1) is 13.8. The largest absolute Gasteiger partial charge is 0.340 e. The van der Waals surface area contributed by atoms with Gasteiger partial charge in [-0.3, -0.25) is 9.36 Å². The van der Waals surface area contributed by atoms with Crippen molar-refractivity contribution in [3.8, 4) is 11.8 Å². The molecule has 3 heterocycles. The standard InChI is InChI=1S/C21H24N6O/c1-2-3-12-26-19-18(24-21(26)25-14-10-22-11-15-25)16-23-27(20(19)28)13-9-17-7-5-4-6-8-17/h4-8,16,22H,9-15H2,1H3. The molecule has 0 aliphatic carbocycles. The highest BCUT2D eigenvalue weighted by Crippen LogP contribution is 2.20. The number of fused-ring (bicyclic) bond motifs is 1. The summed E-state index contributed by atoms with van der Waals surface area (Å²) >= 11 is 0. The molecule has 144 valence electrons. The number of aryl methyl sites for hydroxylation is 2. The van der Waals surface area contributed by atoms with Crippen LogP contribution in [0.15, 0.2) is 41.3 Å². The molecule has 1 N–H and O–H groups in total. The van der Waals surface area contributed by atoms with Crippen LogP contribution in [0, 0.1) is 11.8 Å². The maximum absolute atomic E-state index is 13.2. The number of piperazine rings is 1. The van der Waals surface area contributed by atoms with E-state index in [9.17, 15) is 4.79 Å². The van der Waals surface area contributed by atoms with Crippen LogP contribution < -0.4 is 15.8 Å². The van der Waals surface area contributed by atoms with Gasteiger partial charge >= 0.3 is 0 Å². The minimum Gasteiger partial charge on any atom is -0.340 e. The lowest BCUT2D eigenvalue weighted by Gasteiger charge is -2.28. The molecule has 2 aromatic heterocycles. The summed E-state index contributed by atoms with van der Waals surface area (Å²) in [7, 11) is 0. The summed E-state index contributed by atoms with van der Waals surface area (Å²) in [6, 6.07) is 10.1. The minimum absolute atomic E-state index is 0.111. The van der Waals surface area contributed by atoms with E-state index in [1.165, 1.54) is 10.2 Å². The van der Waals surface area contributed by atoms with Crippen molar-refractivity contribution in [1.29, 1.82) is 0 Å². The van der Waals surface area contributed by atoms with Gasteiger partial charge in [0.2, 0.25) is 5.95 Å². The normalized spacial score (nSPS) is 14.1. The third-order valence-electron chi connectivity index (χ3n) is 5.00. The summed E-state index contributed by atoms with van der Waals surface area (Å²) in [6.07, 6.45) is 2.45. The predicted molar refractivity (Wildman–Crippen MR) is 110 cm³/mol. The number of hydrogen-bond acceptors (Lipinski definition) is 5. The first-order valence-corrected chi connectivity index (χ1v) is 9.63. The van der Waals surface area contributed by atoms with Crippen LogP contribution in [0.5, 0.6) is 0 Å². The number of anilines is 1. The van der Waals surface area contributed by atoms with Crippen molar-refractivity contribution in [3.63, 3.8) is 0 Å². The molecule has 28 heavy (non-hydrogen) atoms. The number of rotatable bonds is 5. The fraction of sp³-hybridized carbons (Fsp3) is 0.381. The van der Waals surface area contributed by atoms with Gasteiger partial charge in [0.1, 0.15) is 11.0 Å². The van der Waals surface area contributed by atoms with Crippen LogP contribution in [0.3, 0.4) is 0 Å². The Labute approximate surface area is 164 Å². The third-order valence-corrected chi connectivity index (χ3v) is 5.00. The first-order valence-electron chi connectivity index (χ1n) is 9.63. The molecule has 0 bridgehead atoms. The Morgan fingerprint density at radius 3 is 2.71 bits per heavy atom. The molecular weight excluding hydrogens is 352 g/mol. The number of aromatic nitrogens is 4. The topological polar surface area (TPSA) is 68.0 Å². The van der Waals surface area contributed by atoms with Gasteiger partial charge in [-0.25, -0.2) is 9.67 Å². The Morgan fingerprint density at radius 1 is 1.18 bits per heavy atom. The van der Waals surface area contributed by atoms with E-state index in [4.69, 9.17) is 4.98 Å². The van der Waals surface area contributed by atoms with E-state index < -0.39 is 0 Å². The van der Waals surface area contributed by atoms with Gasteiger partial charge in [-0.05, 0) is 18.9 Å². The van der Waals surface area contributed by atoms with Crippen molar-refractivity contribution < 1.29 is 0 Å². The quantitative estimate of drug-likeness (QED) is 0.679. The molecule has 4 rings (SSSR count). The molecule has 0 spiro atoms. The maximum Gasteiger partial charge on any atom is 0.293 e. The van der Waals surface area contributed by atoms with E-state index in [-0.39, 0.29) is 5.56 Å². The van der Waals surface area contributed by atoms with Gasteiger partial charge in [0.25, 0.3) is 5.56 Å². The summed E-state index contributed by atoms with van der Waals surface area (Å²) in [5, 5.41) is 7.71. The lowest BCUT2D eigenvalue weighted by atomic mass is 10.1. The Bertz CT molecular complexity index is 1070. The second kappa shape index (κ2) is 8.28. The van der Waals surface area contributed by atoms with E-state index >= 15 is 0 Å². The molecule has 0 unspecified atom stereocenters. The summed E-state index contributed by atoms with van der Waals surface area (Å²) in [5.74, 6) is 6.82. The Morgan fingerprint density at radius 2 is 1.96 bits per heavy atom. The van der Waals surface area contributed by atoms with E-state index in [0.29, 0.717) is 24.1 Å². The van der Waals surface area contributed by atoms with Crippen LogP contribution in [0.2, 0.25) is 0 Å². The van der Waals surface area contributed by atoms with Gasteiger partial charge in [0, 0.05) is 32.7 Å². The highest BCUT2D eigenvalue weighted by Gasteiger charge is 2.21. The second-order valence-electron chi connectivity index (χ2n) is 6.80. The van der Waals surface area contributed by atoms with Crippen LogP contribution in [0.4, 0.5) is 5.95 Å². The van der Waals surface area contributed by atoms with Gasteiger partial charge in [-0.1, -0.05) is 36.3 Å². The summed E-state index contributed by atoms with van der Waals surface area (Å²) in [4.78, 5) is 20.1. The lowest BCUT2D eigenvalue weighted by Crippen LogP contribution is -2.44. The van der Waals surface area contributed by atoms with Crippen molar-refractivity contribution in [2.75, 3.05) is 31.1 Å². The predicted octanol–water partition coefficient (Wildman–Crippen LogP) is 1.27. The van der Waals surface area contributed by atoms with Crippen molar-refractivity contribution in [3.05, 3.63) is 52.4 Å². The molecule has 0 atom stereocenters. The van der Waals surface area contributed by atoms with Crippen LogP contribution in [0.1, 0.15) is 12.5 Å². The summed E-state index contributed by atoms with van der Waals surface area (Å²) in [6.45, 7) is 6.32. The van der Waals surface area contributed by atoms with E-state index in [2.05, 4.69) is 39.3 Å². The molecule has 1 fully saturated rings. The van der Waals surface area contributed by atoms with Gasteiger partial charge < -0.3 is 10.2 Å². The van der Waals surface area contributed by atoms with Crippen molar-refractivity contribution in [2.45, 2.75) is 26.4 Å². The summed E-state index contributed by atoms with van der Waals surface area (Å²) < 4.78 is 3.48. The molecular formula is C21H24N6O. The molecule has 0 saturated carbocycles. The Balaban J connectivity index is 1.72. The van der Waals surface area contributed by atoms with Crippen LogP contribution >= 0.6 is 0 Å². The minimum atomic E-state index is -0.111. The van der Waals surface area contributed by atoms with E-state index in [0.717, 1.165) is 38.5 Å². The fourth-order valence-electron chi connectivity index (χ4n) is 3.53. The first kappa shape index (κ1) is 18.3. The number of hydrogen-bond donors (Lipinski definition) is 1. The molecule has 7 heteroatoms. The zero-order valence-corrected chi connectivity index (χ0v) is 16.1. The highest BCUT2D eigenvalue weighted by atomic mass is 16.1. The fourth-order valence-corrected chi connectivity index (χ4v) is 3.53. The molecule has 1 aliphatic rings. The molecule has 7 nitrogen and oxygen atoms in total. The number of nitrogens with one attached hydrogen (secondary N) is 1. The zero-order chi connectivity index (χ0) is 19.3. The smallest absolute Gasteiger partial charge is 0.293 e. The average molecular weight is 376 g/mol. The Kier molecular flexibility index (Phi) is 5.40. The molecule has 1 aromatic carbocycles. The Hall–Kier alpha value is -3.11. The molecule has 0 amide bonds. The van der Waals surface area contributed by atoms with Crippen LogP contribution in [-0.4, -0.2) is 45.5 Å². The molecule has 1 saturated heterocycles. The zero-order valence-electron chi connectivity index (χ0n) is 16.1. The average Bonchev–Trinajstić information content (AvgIpc) is 3.12. The van der Waals surface area contributed by atoms with Crippen LogP contribution in [-0.2, 0) is 19.5 Å². The van der Waals surface area contributed by atoms with Gasteiger partial charge in [0.05, 0.1) is 12.7 Å². The van der Waals surface area contributed by atoms with Gasteiger partial charge in [-0.15, -0.1) is 5.92 Å². The second-order valence-corrected chi connectivity index (χ2v) is 6.80. The maximum atomic E-state index is 13.2. The van der Waals surface area contributed by atoms with E-state index in [1.807, 2.05) is 29.7 Å². The number of benzene rings is 1. The lowest BCUT2D eigenvalue weighted by molar-refractivity contribution is 0.570. The van der Waals surface area contributed by atoms with Crippen molar-refractivity contribution >= 4 is 17.0 Å². The third kappa shape index (κ3) is 3.64.